The maximum absolute atomic E-state index is 9.98. The van der Waals surface area contributed by atoms with Gasteiger partial charge in [0.2, 0.25) is 0 Å². The van der Waals surface area contributed by atoms with Crippen LogP contribution >= 0.6 is 0 Å². The topological polar surface area (TPSA) is 98.6 Å². The molecular formula is C4H10N2O3. The minimum Gasteiger partial charge on any atom is -0.480 e. The van der Waals surface area contributed by atoms with Gasteiger partial charge in [-0.15, -0.1) is 0 Å². The van der Waals surface area contributed by atoms with Crippen LogP contribution in [0.3, 0.4) is 0 Å². The number of hydrogen-bond donors (Lipinski definition) is 3. The van der Waals surface area contributed by atoms with E-state index in [4.69, 9.17) is 10.8 Å². The van der Waals surface area contributed by atoms with E-state index in [1.54, 1.807) is 0 Å². The molecule has 0 amide bonds. The first kappa shape index (κ1) is 8.35. The molecule has 0 saturated carbocycles. The Morgan fingerprint density at radius 2 is 2.33 bits per heavy atom. The molecule has 5 heteroatoms. The Labute approximate surface area is 52.5 Å². The van der Waals surface area contributed by atoms with Crippen molar-refractivity contribution in [3.63, 3.8) is 0 Å². The molecule has 5 N–H and O–H groups in total. The van der Waals surface area contributed by atoms with Crippen LogP contribution in [0, 0.1) is 0 Å². The number of aliphatic carboxylic acids is 1. The van der Waals surface area contributed by atoms with Crippen LogP contribution in [-0.4, -0.2) is 23.7 Å². The molecule has 0 aliphatic carbocycles. The molecule has 0 fully saturated rings. The predicted molar refractivity (Wildman–Crippen MR) is 30.4 cm³/mol. The molecule has 0 saturated heterocycles. The number of hydrogen-bond acceptors (Lipinski definition) is 4. The van der Waals surface area contributed by atoms with Crippen molar-refractivity contribution in [1.29, 1.82) is 0 Å². The third-order valence-electron chi connectivity index (χ3n) is 0.864. The summed E-state index contributed by atoms with van der Waals surface area (Å²) >= 11 is 0. The highest BCUT2D eigenvalue weighted by atomic mass is 16.6. The normalized spacial score (nSPS) is 13.1. The SMILES string of the molecule is NOCC[C@@H](N)C(=O)O. The fourth-order valence-electron chi connectivity index (χ4n) is 0.318. The molecule has 0 spiro atoms. The fraction of sp³-hybridized carbons (Fsp3) is 0.750. The van der Waals surface area contributed by atoms with Gasteiger partial charge in [-0.25, -0.2) is 5.90 Å². The highest BCUT2D eigenvalue weighted by Gasteiger charge is 2.09. The van der Waals surface area contributed by atoms with Crippen molar-refractivity contribution in [2.24, 2.45) is 11.6 Å². The summed E-state index contributed by atoms with van der Waals surface area (Å²) in [6.45, 7) is 0.174. The van der Waals surface area contributed by atoms with Crippen LogP contribution < -0.4 is 11.6 Å². The lowest BCUT2D eigenvalue weighted by atomic mass is 10.2. The summed E-state index contributed by atoms with van der Waals surface area (Å²) in [7, 11) is 0. The van der Waals surface area contributed by atoms with Gasteiger partial charge in [-0.3, -0.25) is 4.79 Å². The number of carboxylic acids is 1. The van der Waals surface area contributed by atoms with Gasteiger partial charge < -0.3 is 15.7 Å². The van der Waals surface area contributed by atoms with E-state index < -0.39 is 12.0 Å². The van der Waals surface area contributed by atoms with Gasteiger partial charge >= 0.3 is 5.97 Å². The molecule has 0 aliphatic rings. The van der Waals surface area contributed by atoms with Crippen molar-refractivity contribution in [1.82, 2.24) is 0 Å². The first-order valence-corrected chi connectivity index (χ1v) is 2.48. The summed E-state index contributed by atoms with van der Waals surface area (Å²) in [5.74, 6) is 3.59. The summed E-state index contributed by atoms with van der Waals surface area (Å²) in [6, 6.07) is -0.867. The van der Waals surface area contributed by atoms with Crippen LogP contribution in [0.2, 0.25) is 0 Å². The zero-order valence-corrected chi connectivity index (χ0v) is 4.91. The maximum atomic E-state index is 9.98. The van der Waals surface area contributed by atoms with Crippen molar-refractivity contribution in [2.75, 3.05) is 6.61 Å². The van der Waals surface area contributed by atoms with Crippen molar-refractivity contribution in [2.45, 2.75) is 12.5 Å². The summed E-state index contributed by atoms with van der Waals surface area (Å²) in [5, 5.41) is 8.19. The Morgan fingerprint density at radius 1 is 1.78 bits per heavy atom. The lowest BCUT2D eigenvalue weighted by Gasteiger charge is -2.02. The summed E-state index contributed by atoms with van der Waals surface area (Å²) in [6.07, 6.45) is 0.242. The predicted octanol–water partition coefficient (Wildman–Crippen LogP) is -1.32. The molecule has 0 aromatic rings. The van der Waals surface area contributed by atoms with Gasteiger partial charge in [0.1, 0.15) is 6.04 Å². The summed E-state index contributed by atoms with van der Waals surface area (Å²) < 4.78 is 0. The molecular weight excluding hydrogens is 124 g/mol. The smallest absolute Gasteiger partial charge is 0.320 e. The molecule has 54 valence electrons. The average Bonchev–Trinajstić information content (AvgIpc) is 1.82. The molecule has 0 aromatic carbocycles. The Hall–Kier alpha value is -0.650. The lowest BCUT2D eigenvalue weighted by molar-refractivity contribution is -0.139. The molecule has 0 aromatic heterocycles. The van der Waals surface area contributed by atoms with Crippen LogP contribution in [0.5, 0.6) is 0 Å². The van der Waals surface area contributed by atoms with Gasteiger partial charge in [0.25, 0.3) is 0 Å². The molecule has 0 radical (unpaired) electrons. The van der Waals surface area contributed by atoms with E-state index in [0.717, 1.165) is 0 Å². The summed E-state index contributed by atoms with van der Waals surface area (Å²) in [5.41, 5.74) is 5.07. The minimum atomic E-state index is -1.04. The van der Waals surface area contributed by atoms with Crippen LogP contribution in [0.4, 0.5) is 0 Å². The average molecular weight is 134 g/mol. The number of rotatable bonds is 4. The molecule has 1 atom stereocenters. The van der Waals surface area contributed by atoms with Crippen molar-refractivity contribution < 1.29 is 14.7 Å². The largest absolute Gasteiger partial charge is 0.480 e. The van der Waals surface area contributed by atoms with E-state index in [2.05, 4.69) is 10.7 Å². The molecule has 0 aliphatic heterocycles. The van der Waals surface area contributed by atoms with E-state index in [9.17, 15) is 4.79 Å². The van der Waals surface area contributed by atoms with E-state index in [0.29, 0.717) is 0 Å². The molecule has 0 rings (SSSR count). The Kier molecular flexibility index (Phi) is 3.94. The van der Waals surface area contributed by atoms with Gasteiger partial charge in [-0.1, -0.05) is 0 Å². The van der Waals surface area contributed by atoms with Crippen molar-refractivity contribution >= 4 is 5.97 Å². The van der Waals surface area contributed by atoms with E-state index in [1.807, 2.05) is 0 Å². The quantitative estimate of drug-likeness (QED) is 0.414. The van der Waals surface area contributed by atoms with Crippen LogP contribution in [0.1, 0.15) is 6.42 Å². The second kappa shape index (κ2) is 4.25. The van der Waals surface area contributed by atoms with Gasteiger partial charge in [0.05, 0.1) is 6.61 Å². The number of nitrogens with two attached hydrogens (primary N) is 2. The molecule has 9 heavy (non-hydrogen) atoms. The highest BCUT2D eigenvalue weighted by molar-refractivity contribution is 5.72. The minimum absolute atomic E-state index is 0.174. The Bertz CT molecular complexity index is 95.8. The van der Waals surface area contributed by atoms with Crippen molar-refractivity contribution in [3.8, 4) is 0 Å². The molecule has 0 heterocycles. The zero-order valence-electron chi connectivity index (χ0n) is 4.91. The Balaban J connectivity index is 3.27. The third kappa shape index (κ3) is 3.89. The maximum Gasteiger partial charge on any atom is 0.320 e. The number of carboxylic acid groups (broad SMARTS) is 1. The second-order valence-electron chi connectivity index (χ2n) is 1.60. The van der Waals surface area contributed by atoms with E-state index in [1.165, 1.54) is 0 Å². The monoisotopic (exact) mass is 134 g/mol. The third-order valence-corrected chi connectivity index (χ3v) is 0.864. The van der Waals surface area contributed by atoms with Gasteiger partial charge in [0.15, 0.2) is 0 Å². The molecule has 5 nitrogen and oxygen atoms in total. The van der Waals surface area contributed by atoms with Crippen LogP contribution in [0.15, 0.2) is 0 Å². The summed E-state index contributed by atoms with van der Waals surface area (Å²) in [4.78, 5) is 14.1. The van der Waals surface area contributed by atoms with Crippen LogP contribution in [-0.2, 0) is 9.63 Å². The van der Waals surface area contributed by atoms with Crippen LogP contribution in [0.25, 0.3) is 0 Å². The first-order valence-electron chi connectivity index (χ1n) is 2.48. The van der Waals surface area contributed by atoms with E-state index >= 15 is 0 Å². The number of carbonyl (C=O) groups is 1. The standard InChI is InChI=1S/C4H10N2O3/c5-3(4(7)8)1-2-9-6/h3H,1-2,5-6H2,(H,7,8)/t3-/m1/s1. The fourth-order valence-corrected chi connectivity index (χ4v) is 0.318. The van der Waals surface area contributed by atoms with Gasteiger partial charge in [0, 0.05) is 0 Å². The van der Waals surface area contributed by atoms with E-state index in [-0.39, 0.29) is 13.0 Å². The molecule has 0 unspecified atom stereocenters. The second-order valence-corrected chi connectivity index (χ2v) is 1.60. The van der Waals surface area contributed by atoms with Crippen molar-refractivity contribution in [3.05, 3.63) is 0 Å². The lowest BCUT2D eigenvalue weighted by Crippen LogP contribution is -2.31. The Morgan fingerprint density at radius 3 is 2.67 bits per heavy atom. The molecule has 0 bridgehead atoms. The van der Waals surface area contributed by atoms with Gasteiger partial charge in [-0.05, 0) is 6.42 Å². The van der Waals surface area contributed by atoms with Gasteiger partial charge in [-0.2, -0.15) is 0 Å². The highest BCUT2D eigenvalue weighted by Crippen LogP contribution is 1.85. The first-order chi connectivity index (χ1) is 4.18. The zero-order chi connectivity index (χ0) is 7.28.